The molecule has 12 heteroatoms. The second kappa shape index (κ2) is 15.2. The number of hydrogen-bond donors (Lipinski definition) is 4. The van der Waals surface area contributed by atoms with E-state index in [1.165, 1.54) is 6.26 Å². The number of nitrogens with zero attached hydrogens (tertiary/aromatic N) is 1. The predicted octanol–water partition coefficient (Wildman–Crippen LogP) is 4.18. The first-order valence-corrected chi connectivity index (χ1v) is 15.8. The van der Waals surface area contributed by atoms with Crippen molar-refractivity contribution in [3.05, 3.63) is 108 Å². The van der Waals surface area contributed by atoms with E-state index in [-0.39, 0.29) is 23.3 Å². The maximum absolute atomic E-state index is 13.3. The Bertz CT molecular complexity index is 1610. The van der Waals surface area contributed by atoms with E-state index in [9.17, 15) is 19.2 Å². The maximum Gasteiger partial charge on any atom is 0.287 e. The van der Waals surface area contributed by atoms with E-state index in [0.717, 1.165) is 10.5 Å². The molecule has 5 rings (SSSR count). The molecule has 234 valence electrons. The lowest BCUT2D eigenvalue weighted by Gasteiger charge is -2.21. The zero-order valence-electron chi connectivity index (χ0n) is 24.8. The standard InChI is InChI=1S/C33H35N5O6S/c1-21-33-38-27(19-43-33)31(41)37-26(18-22-10-4-2-5-11-22)29(39)34-17-9-8-14-25(30(40)35-21)36-32(42)28-16-15-23(44-28)20-45-24-12-6-3-7-13-24/h2-7,10-13,15-16,19,21,25-26H,8-9,14,17-18,20H2,1H3,(H,34,39)(H,35,40)(H,36,42)(H,37,41)/t21-,25-,26-/m0/s1. The molecule has 4 aromatic rings. The van der Waals surface area contributed by atoms with Crippen LogP contribution in [0.2, 0.25) is 0 Å². The first-order valence-electron chi connectivity index (χ1n) is 14.8. The molecule has 0 saturated heterocycles. The zero-order valence-corrected chi connectivity index (χ0v) is 25.6. The van der Waals surface area contributed by atoms with Crippen molar-refractivity contribution in [2.45, 2.75) is 61.4 Å². The van der Waals surface area contributed by atoms with Gasteiger partial charge in [-0.2, -0.15) is 0 Å². The van der Waals surface area contributed by atoms with Crippen LogP contribution in [0.4, 0.5) is 0 Å². The van der Waals surface area contributed by atoms with Gasteiger partial charge in [0.25, 0.3) is 11.8 Å². The topological polar surface area (TPSA) is 156 Å². The fourth-order valence-corrected chi connectivity index (χ4v) is 5.63. The molecule has 0 unspecified atom stereocenters. The number of oxazole rings is 1. The molecular formula is C33H35N5O6S. The largest absolute Gasteiger partial charge is 0.455 e. The molecule has 4 amide bonds. The Labute approximate surface area is 264 Å². The summed E-state index contributed by atoms with van der Waals surface area (Å²) >= 11 is 1.59. The van der Waals surface area contributed by atoms with E-state index in [4.69, 9.17) is 8.83 Å². The smallest absolute Gasteiger partial charge is 0.287 e. The van der Waals surface area contributed by atoms with Crippen LogP contribution in [0.15, 0.2) is 92.8 Å². The lowest BCUT2D eigenvalue weighted by Crippen LogP contribution is -2.49. The lowest BCUT2D eigenvalue weighted by molar-refractivity contribution is -0.124. The zero-order chi connectivity index (χ0) is 31.6. The Morgan fingerprint density at radius 2 is 1.71 bits per heavy atom. The Morgan fingerprint density at radius 3 is 2.49 bits per heavy atom. The number of carbonyl (C=O) groups excluding carboxylic acids is 4. The number of amides is 4. The quantitative estimate of drug-likeness (QED) is 0.222. The van der Waals surface area contributed by atoms with Gasteiger partial charge in [-0.3, -0.25) is 19.2 Å². The highest BCUT2D eigenvalue weighted by molar-refractivity contribution is 7.98. The SMILES string of the molecule is C[C@@H]1NC(=O)[C@@H](NC(=O)c2ccc(CSc3ccccc3)o2)CCCCNC(=O)[C@H](Cc2ccccc2)NC(=O)c2coc1n2. The third-order valence-electron chi connectivity index (χ3n) is 7.24. The molecule has 0 saturated carbocycles. The molecule has 3 atom stereocenters. The molecule has 1 aliphatic heterocycles. The van der Waals surface area contributed by atoms with Crippen LogP contribution in [0.5, 0.6) is 0 Å². The minimum Gasteiger partial charge on any atom is -0.455 e. The number of benzene rings is 2. The van der Waals surface area contributed by atoms with Crippen molar-refractivity contribution in [3.63, 3.8) is 0 Å². The molecule has 4 N–H and O–H groups in total. The van der Waals surface area contributed by atoms with Gasteiger partial charge in [0.1, 0.15) is 30.1 Å². The molecule has 2 aromatic carbocycles. The maximum atomic E-state index is 13.3. The number of carbonyl (C=O) groups is 4. The Hall–Kier alpha value is -4.84. The van der Waals surface area contributed by atoms with Crippen LogP contribution in [0, 0.1) is 0 Å². The Balaban J connectivity index is 1.26. The van der Waals surface area contributed by atoms with E-state index in [1.54, 1.807) is 30.8 Å². The molecule has 2 aromatic heterocycles. The van der Waals surface area contributed by atoms with Crippen molar-refractivity contribution in [1.29, 1.82) is 0 Å². The summed E-state index contributed by atoms with van der Waals surface area (Å²) in [5, 5.41) is 11.3. The van der Waals surface area contributed by atoms with Gasteiger partial charge in [-0.15, -0.1) is 11.8 Å². The van der Waals surface area contributed by atoms with Gasteiger partial charge in [0.05, 0.1) is 5.75 Å². The Kier molecular flexibility index (Phi) is 10.7. The fourth-order valence-electron chi connectivity index (χ4n) is 4.81. The summed E-state index contributed by atoms with van der Waals surface area (Å²) < 4.78 is 11.3. The summed E-state index contributed by atoms with van der Waals surface area (Å²) in [5.41, 5.74) is 0.870. The highest BCUT2D eigenvalue weighted by atomic mass is 32.2. The first kappa shape index (κ1) is 31.6. The molecule has 0 radical (unpaired) electrons. The van der Waals surface area contributed by atoms with Crippen LogP contribution in [-0.2, 0) is 21.8 Å². The van der Waals surface area contributed by atoms with Gasteiger partial charge >= 0.3 is 0 Å². The third kappa shape index (κ3) is 8.85. The van der Waals surface area contributed by atoms with Gasteiger partial charge in [0.15, 0.2) is 11.5 Å². The molecule has 3 heterocycles. The second-order valence-electron chi connectivity index (χ2n) is 10.7. The van der Waals surface area contributed by atoms with Crippen molar-refractivity contribution < 1.29 is 28.0 Å². The number of nitrogens with one attached hydrogen (secondary N) is 4. The predicted molar refractivity (Wildman–Crippen MR) is 167 cm³/mol. The number of fused-ring (bicyclic) bond motifs is 2. The molecule has 0 spiro atoms. The Morgan fingerprint density at radius 1 is 0.956 bits per heavy atom. The summed E-state index contributed by atoms with van der Waals surface area (Å²) in [6, 6.07) is 20.2. The monoisotopic (exact) mass is 629 g/mol. The molecule has 0 aliphatic carbocycles. The van der Waals surface area contributed by atoms with Gasteiger partial charge < -0.3 is 30.1 Å². The van der Waals surface area contributed by atoms with E-state index < -0.39 is 35.8 Å². The van der Waals surface area contributed by atoms with Gasteiger partial charge in [-0.1, -0.05) is 48.5 Å². The van der Waals surface area contributed by atoms with Crippen LogP contribution in [-0.4, -0.2) is 47.2 Å². The highest BCUT2D eigenvalue weighted by Gasteiger charge is 2.28. The number of thioether (sulfide) groups is 1. The van der Waals surface area contributed by atoms with E-state index in [2.05, 4.69) is 26.3 Å². The van der Waals surface area contributed by atoms with Crippen molar-refractivity contribution in [1.82, 2.24) is 26.3 Å². The van der Waals surface area contributed by atoms with Gasteiger partial charge in [-0.05, 0) is 56.0 Å². The molecule has 0 fully saturated rings. The number of hydrogen-bond acceptors (Lipinski definition) is 8. The van der Waals surface area contributed by atoms with E-state index in [0.29, 0.717) is 43.7 Å². The lowest BCUT2D eigenvalue weighted by atomic mass is 10.0. The van der Waals surface area contributed by atoms with Crippen LogP contribution < -0.4 is 21.3 Å². The molecule has 11 nitrogen and oxygen atoms in total. The van der Waals surface area contributed by atoms with E-state index in [1.807, 2.05) is 60.7 Å². The summed E-state index contributed by atoms with van der Waals surface area (Å²) in [6.45, 7) is 2.00. The van der Waals surface area contributed by atoms with Crippen molar-refractivity contribution >= 4 is 35.4 Å². The number of furan rings is 1. The molecular weight excluding hydrogens is 594 g/mol. The number of aromatic nitrogens is 1. The van der Waals surface area contributed by atoms with Crippen molar-refractivity contribution in [2.75, 3.05) is 6.54 Å². The van der Waals surface area contributed by atoms with Crippen LogP contribution in [0.3, 0.4) is 0 Å². The first-order chi connectivity index (χ1) is 21.9. The summed E-state index contributed by atoms with van der Waals surface area (Å²) in [4.78, 5) is 57.9. The minimum absolute atomic E-state index is 0.0204. The second-order valence-corrected chi connectivity index (χ2v) is 11.7. The van der Waals surface area contributed by atoms with Crippen LogP contribution >= 0.6 is 11.8 Å². The average molecular weight is 630 g/mol. The van der Waals surface area contributed by atoms with E-state index >= 15 is 0 Å². The summed E-state index contributed by atoms with van der Waals surface area (Å²) in [7, 11) is 0. The molecule has 45 heavy (non-hydrogen) atoms. The molecule has 2 bridgehead atoms. The summed E-state index contributed by atoms with van der Waals surface area (Å²) in [6.07, 6.45) is 2.88. The fraction of sp³-hybridized carbons (Fsp3) is 0.303. The number of rotatable bonds is 7. The highest BCUT2D eigenvalue weighted by Crippen LogP contribution is 2.23. The third-order valence-corrected chi connectivity index (χ3v) is 8.27. The van der Waals surface area contributed by atoms with Gasteiger partial charge in [0, 0.05) is 17.9 Å². The molecule has 1 aliphatic rings. The van der Waals surface area contributed by atoms with Crippen LogP contribution in [0.1, 0.15) is 70.5 Å². The summed E-state index contributed by atoms with van der Waals surface area (Å²) in [5.74, 6) is -0.462. The van der Waals surface area contributed by atoms with Gasteiger partial charge in [0.2, 0.25) is 17.7 Å². The van der Waals surface area contributed by atoms with Gasteiger partial charge in [-0.25, -0.2) is 4.98 Å². The average Bonchev–Trinajstić information content (AvgIpc) is 3.74. The van der Waals surface area contributed by atoms with Crippen LogP contribution in [0.25, 0.3) is 0 Å². The van der Waals surface area contributed by atoms with Crippen molar-refractivity contribution in [2.24, 2.45) is 0 Å². The van der Waals surface area contributed by atoms with Crippen molar-refractivity contribution in [3.8, 4) is 0 Å². The minimum atomic E-state index is -0.889. The normalized spacial score (nSPS) is 19.7.